The third kappa shape index (κ3) is 6.16. The van der Waals surface area contributed by atoms with Gasteiger partial charge in [-0.05, 0) is 55.8 Å². The first-order valence-electron chi connectivity index (χ1n) is 11.2. The SMILES string of the molecule is CCOc1ccccc1N1CCN(c2ccc(SCC(=O)Nc3cccc(C)c3)nn2)CC1. The van der Waals surface area contributed by atoms with Crippen LogP contribution in [0.3, 0.4) is 0 Å². The number of amides is 1. The molecule has 2 heterocycles. The van der Waals surface area contributed by atoms with E-state index in [2.05, 4.69) is 31.4 Å². The molecule has 7 nitrogen and oxygen atoms in total. The van der Waals surface area contributed by atoms with Gasteiger partial charge in [0.2, 0.25) is 5.91 Å². The highest BCUT2D eigenvalue weighted by Crippen LogP contribution is 2.29. The fourth-order valence-electron chi connectivity index (χ4n) is 3.79. The molecule has 1 fully saturated rings. The van der Waals surface area contributed by atoms with E-state index in [1.807, 2.05) is 68.4 Å². The molecule has 1 aliphatic heterocycles. The zero-order chi connectivity index (χ0) is 23.0. The van der Waals surface area contributed by atoms with Crippen LogP contribution < -0.4 is 19.9 Å². The van der Waals surface area contributed by atoms with Crippen LogP contribution in [0, 0.1) is 6.92 Å². The van der Waals surface area contributed by atoms with E-state index in [0.717, 1.165) is 59.7 Å². The zero-order valence-corrected chi connectivity index (χ0v) is 19.8. The molecule has 0 unspecified atom stereocenters. The van der Waals surface area contributed by atoms with Crippen LogP contribution in [0.5, 0.6) is 5.75 Å². The molecule has 33 heavy (non-hydrogen) atoms. The monoisotopic (exact) mass is 463 g/mol. The molecule has 8 heteroatoms. The molecule has 1 aromatic heterocycles. The van der Waals surface area contributed by atoms with Gasteiger partial charge in [0, 0.05) is 31.9 Å². The Morgan fingerprint density at radius 2 is 1.79 bits per heavy atom. The first-order valence-corrected chi connectivity index (χ1v) is 12.2. The number of aromatic nitrogens is 2. The van der Waals surface area contributed by atoms with Crippen LogP contribution in [0.4, 0.5) is 17.2 Å². The molecule has 1 aliphatic rings. The number of carbonyl (C=O) groups excluding carboxylic acids is 1. The van der Waals surface area contributed by atoms with Crippen molar-refractivity contribution < 1.29 is 9.53 Å². The lowest BCUT2D eigenvalue weighted by Crippen LogP contribution is -2.47. The van der Waals surface area contributed by atoms with Gasteiger partial charge in [-0.3, -0.25) is 4.79 Å². The summed E-state index contributed by atoms with van der Waals surface area (Å²) < 4.78 is 5.78. The fraction of sp³-hybridized carbons (Fsp3) is 0.320. The van der Waals surface area contributed by atoms with E-state index in [4.69, 9.17) is 4.74 Å². The van der Waals surface area contributed by atoms with Crippen LogP contribution in [-0.4, -0.2) is 54.6 Å². The normalized spacial score (nSPS) is 13.6. The lowest BCUT2D eigenvalue weighted by atomic mass is 10.2. The Morgan fingerprint density at radius 3 is 2.52 bits per heavy atom. The molecule has 172 valence electrons. The third-order valence-electron chi connectivity index (χ3n) is 5.39. The summed E-state index contributed by atoms with van der Waals surface area (Å²) in [5, 5.41) is 12.4. The van der Waals surface area contributed by atoms with E-state index in [-0.39, 0.29) is 5.91 Å². The summed E-state index contributed by atoms with van der Waals surface area (Å²) in [4.78, 5) is 16.8. The molecule has 0 radical (unpaired) electrons. The maximum Gasteiger partial charge on any atom is 0.234 e. The summed E-state index contributed by atoms with van der Waals surface area (Å²) in [7, 11) is 0. The second kappa shape index (κ2) is 11.0. The minimum absolute atomic E-state index is 0.0556. The van der Waals surface area contributed by atoms with E-state index < -0.39 is 0 Å². The molecular formula is C25H29N5O2S. The predicted molar refractivity (Wildman–Crippen MR) is 135 cm³/mol. The lowest BCUT2D eigenvalue weighted by molar-refractivity contribution is -0.113. The number of nitrogens with one attached hydrogen (secondary N) is 1. The Hall–Kier alpha value is -3.26. The number of anilines is 3. The number of para-hydroxylation sites is 2. The third-order valence-corrected chi connectivity index (χ3v) is 6.31. The van der Waals surface area contributed by atoms with Crippen LogP contribution >= 0.6 is 11.8 Å². The molecule has 1 N–H and O–H groups in total. The van der Waals surface area contributed by atoms with Gasteiger partial charge in [0.1, 0.15) is 10.8 Å². The van der Waals surface area contributed by atoms with Crippen molar-refractivity contribution in [1.82, 2.24) is 10.2 Å². The number of benzene rings is 2. The van der Waals surface area contributed by atoms with Gasteiger partial charge in [0.15, 0.2) is 5.82 Å². The van der Waals surface area contributed by atoms with Gasteiger partial charge >= 0.3 is 0 Å². The molecule has 2 aromatic carbocycles. The van der Waals surface area contributed by atoms with E-state index in [1.54, 1.807) is 0 Å². The van der Waals surface area contributed by atoms with Crippen molar-refractivity contribution in [1.29, 1.82) is 0 Å². The maximum absolute atomic E-state index is 12.2. The van der Waals surface area contributed by atoms with Crippen molar-refractivity contribution in [3.05, 3.63) is 66.2 Å². The highest BCUT2D eigenvalue weighted by molar-refractivity contribution is 7.99. The summed E-state index contributed by atoms with van der Waals surface area (Å²) in [6, 6.07) is 19.9. The number of piperazine rings is 1. The zero-order valence-electron chi connectivity index (χ0n) is 19.0. The molecule has 0 atom stereocenters. The molecular weight excluding hydrogens is 434 g/mol. The molecule has 4 rings (SSSR count). The Bertz CT molecular complexity index is 1070. The van der Waals surface area contributed by atoms with Gasteiger partial charge in [-0.15, -0.1) is 10.2 Å². The van der Waals surface area contributed by atoms with Gasteiger partial charge in [0.05, 0.1) is 18.0 Å². The maximum atomic E-state index is 12.2. The Labute approximate surface area is 199 Å². The second-order valence-corrected chi connectivity index (χ2v) is 8.81. The fourth-order valence-corrected chi connectivity index (χ4v) is 4.40. The van der Waals surface area contributed by atoms with Crippen molar-refractivity contribution >= 4 is 34.9 Å². The van der Waals surface area contributed by atoms with Crippen LogP contribution in [-0.2, 0) is 4.79 Å². The standard InChI is InChI=1S/C25H29N5O2S/c1-3-32-22-10-5-4-9-21(22)29-13-15-30(16-14-29)23-11-12-25(28-27-23)33-18-24(31)26-20-8-6-7-19(2)17-20/h4-12,17H,3,13-16,18H2,1-2H3,(H,26,31). The summed E-state index contributed by atoms with van der Waals surface area (Å²) in [6.07, 6.45) is 0. The summed E-state index contributed by atoms with van der Waals surface area (Å²) in [5.41, 5.74) is 3.06. The smallest absolute Gasteiger partial charge is 0.234 e. The molecule has 3 aromatic rings. The van der Waals surface area contributed by atoms with Crippen molar-refractivity contribution in [2.45, 2.75) is 18.9 Å². The summed E-state index contributed by atoms with van der Waals surface area (Å²) >= 11 is 1.38. The largest absolute Gasteiger partial charge is 0.492 e. The molecule has 0 aliphatic carbocycles. The summed E-state index contributed by atoms with van der Waals surface area (Å²) in [5.74, 6) is 2.03. The first-order chi connectivity index (χ1) is 16.1. The Kier molecular flexibility index (Phi) is 7.67. The number of rotatable bonds is 8. The van der Waals surface area contributed by atoms with Gasteiger partial charge in [0.25, 0.3) is 0 Å². The topological polar surface area (TPSA) is 70.6 Å². The van der Waals surface area contributed by atoms with Crippen molar-refractivity contribution in [2.24, 2.45) is 0 Å². The minimum Gasteiger partial charge on any atom is -0.492 e. The Morgan fingerprint density at radius 1 is 1.00 bits per heavy atom. The summed E-state index contributed by atoms with van der Waals surface area (Å²) in [6.45, 7) is 8.17. The van der Waals surface area contributed by atoms with E-state index in [0.29, 0.717) is 12.4 Å². The predicted octanol–water partition coefficient (Wildman–Crippen LogP) is 4.24. The van der Waals surface area contributed by atoms with Gasteiger partial charge < -0.3 is 19.9 Å². The van der Waals surface area contributed by atoms with Crippen molar-refractivity contribution in [3.63, 3.8) is 0 Å². The Balaban J connectivity index is 1.27. The number of aryl methyl sites for hydroxylation is 1. The highest BCUT2D eigenvalue weighted by Gasteiger charge is 2.21. The van der Waals surface area contributed by atoms with Gasteiger partial charge in [-0.25, -0.2) is 0 Å². The number of thioether (sulfide) groups is 1. The highest BCUT2D eigenvalue weighted by atomic mass is 32.2. The second-order valence-electron chi connectivity index (χ2n) is 7.81. The first kappa shape index (κ1) is 22.9. The quantitative estimate of drug-likeness (QED) is 0.501. The lowest BCUT2D eigenvalue weighted by Gasteiger charge is -2.37. The number of carbonyl (C=O) groups is 1. The number of hydrogen-bond acceptors (Lipinski definition) is 7. The van der Waals surface area contributed by atoms with Crippen molar-refractivity contribution in [3.8, 4) is 5.75 Å². The molecule has 1 amide bonds. The number of hydrogen-bond donors (Lipinski definition) is 1. The van der Waals surface area contributed by atoms with Crippen LogP contribution in [0.2, 0.25) is 0 Å². The number of ether oxygens (including phenoxy) is 1. The average molecular weight is 464 g/mol. The average Bonchev–Trinajstić information content (AvgIpc) is 2.84. The minimum atomic E-state index is -0.0556. The molecule has 0 spiro atoms. The van der Waals surface area contributed by atoms with Gasteiger partial charge in [-0.1, -0.05) is 36.0 Å². The van der Waals surface area contributed by atoms with E-state index in [1.165, 1.54) is 11.8 Å². The van der Waals surface area contributed by atoms with Crippen LogP contribution in [0.25, 0.3) is 0 Å². The number of nitrogens with zero attached hydrogens (tertiary/aromatic N) is 4. The molecule has 0 bridgehead atoms. The van der Waals surface area contributed by atoms with E-state index >= 15 is 0 Å². The van der Waals surface area contributed by atoms with Gasteiger partial charge in [-0.2, -0.15) is 0 Å². The van der Waals surface area contributed by atoms with Crippen LogP contribution in [0.15, 0.2) is 65.7 Å². The van der Waals surface area contributed by atoms with Crippen molar-refractivity contribution in [2.75, 3.05) is 53.7 Å². The van der Waals surface area contributed by atoms with E-state index in [9.17, 15) is 4.79 Å². The molecule has 1 saturated heterocycles. The molecule has 0 saturated carbocycles. The van der Waals surface area contributed by atoms with Crippen LogP contribution in [0.1, 0.15) is 12.5 Å².